The summed E-state index contributed by atoms with van der Waals surface area (Å²) in [7, 11) is 0. The molecule has 0 aromatic heterocycles. The molecule has 6 nitrogen and oxygen atoms in total. The van der Waals surface area contributed by atoms with Crippen molar-refractivity contribution in [2.45, 2.75) is 38.6 Å². The average Bonchev–Trinajstić information content (AvgIpc) is 2.81. The Labute approximate surface area is 136 Å². The molecule has 0 bridgehead atoms. The fourth-order valence-corrected chi connectivity index (χ4v) is 2.63. The standard InChI is InChI=1S/C17H23N3O3/c1-12(2)9-11-18-14(21)8-10-17(13-6-4-3-5-7-13)15(22)19-16(23)20-17/h3-7,12H,8-11H2,1-2H3,(H,18,21)(H2,19,20,22,23). The molecule has 1 saturated heterocycles. The van der Waals surface area contributed by atoms with Crippen LogP contribution in [-0.2, 0) is 15.1 Å². The van der Waals surface area contributed by atoms with Gasteiger partial charge in [0.2, 0.25) is 5.91 Å². The second-order valence-corrected chi connectivity index (χ2v) is 6.21. The quantitative estimate of drug-likeness (QED) is 0.668. The third-order valence-corrected chi connectivity index (χ3v) is 3.98. The van der Waals surface area contributed by atoms with E-state index in [2.05, 4.69) is 29.8 Å². The van der Waals surface area contributed by atoms with Gasteiger partial charge in [0.25, 0.3) is 5.91 Å². The summed E-state index contributed by atoms with van der Waals surface area (Å²) in [6, 6.07) is 8.47. The summed E-state index contributed by atoms with van der Waals surface area (Å²) in [6.45, 7) is 4.80. The minimum absolute atomic E-state index is 0.116. The largest absolute Gasteiger partial charge is 0.356 e. The van der Waals surface area contributed by atoms with Gasteiger partial charge in [0.1, 0.15) is 5.54 Å². The summed E-state index contributed by atoms with van der Waals surface area (Å²) in [4.78, 5) is 35.9. The first-order valence-corrected chi connectivity index (χ1v) is 7.90. The molecule has 0 saturated carbocycles. The smallest absolute Gasteiger partial charge is 0.322 e. The molecule has 2 rings (SSSR count). The van der Waals surface area contributed by atoms with Crippen LogP contribution in [0.4, 0.5) is 4.79 Å². The van der Waals surface area contributed by atoms with Crippen LogP contribution >= 0.6 is 0 Å². The lowest BCUT2D eigenvalue weighted by molar-refractivity contribution is -0.125. The van der Waals surface area contributed by atoms with Crippen LogP contribution in [-0.4, -0.2) is 24.4 Å². The fraction of sp³-hybridized carbons (Fsp3) is 0.471. The number of rotatable bonds is 7. The van der Waals surface area contributed by atoms with Gasteiger partial charge in [0.05, 0.1) is 0 Å². The van der Waals surface area contributed by atoms with Crippen molar-refractivity contribution in [3.63, 3.8) is 0 Å². The predicted molar refractivity (Wildman–Crippen MR) is 86.5 cm³/mol. The van der Waals surface area contributed by atoms with Crippen LogP contribution in [0.2, 0.25) is 0 Å². The highest BCUT2D eigenvalue weighted by Crippen LogP contribution is 2.29. The SMILES string of the molecule is CC(C)CCNC(=O)CCC1(c2ccccc2)NC(=O)NC1=O. The van der Waals surface area contributed by atoms with Crippen molar-refractivity contribution in [1.29, 1.82) is 0 Å². The number of nitrogens with one attached hydrogen (secondary N) is 3. The Kier molecular flexibility index (Phi) is 5.36. The van der Waals surface area contributed by atoms with Gasteiger partial charge in [-0.2, -0.15) is 0 Å². The number of carbonyl (C=O) groups excluding carboxylic acids is 3. The molecule has 1 aliphatic rings. The van der Waals surface area contributed by atoms with Crippen LogP contribution < -0.4 is 16.0 Å². The number of carbonyl (C=O) groups is 3. The molecule has 1 atom stereocenters. The maximum Gasteiger partial charge on any atom is 0.322 e. The maximum atomic E-state index is 12.3. The van der Waals surface area contributed by atoms with Crippen LogP contribution in [0.25, 0.3) is 0 Å². The summed E-state index contributed by atoms with van der Waals surface area (Å²) >= 11 is 0. The number of hydrogen-bond donors (Lipinski definition) is 3. The monoisotopic (exact) mass is 317 g/mol. The van der Waals surface area contributed by atoms with Crippen LogP contribution in [0.15, 0.2) is 30.3 Å². The molecule has 1 fully saturated rings. The zero-order valence-corrected chi connectivity index (χ0v) is 13.5. The van der Waals surface area contributed by atoms with E-state index >= 15 is 0 Å². The van der Waals surface area contributed by atoms with Crippen LogP contribution in [0.5, 0.6) is 0 Å². The van der Waals surface area contributed by atoms with E-state index in [4.69, 9.17) is 0 Å². The molecule has 6 heteroatoms. The van der Waals surface area contributed by atoms with E-state index in [9.17, 15) is 14.4 Å². The van der Waals surface area contributed by atoms with E-state index in [0.717, 1.165) is 6.42 Å². The first-order valence-electron chi connectivity index (χ1n) is 7.90. The molecule has 1 aromatic carbocycles. The first kappa shape index (κ1) is 17.0. The molecule has 0 radical (unpaired) electrons. The van der Waals surface area contributed by atoms with Gasteiger partial charge in [-0.1, -0.05) is 44.2 Å². The van der Waals surface area contributed by atoms with E-state index in [-0.39, 0.29) is 18.7 Å². The molecule has 3 N–H and O–H groups in total. The zero-order valence-electron chi connectivity index (χ0n) is 13.5. The number of hydrogen-bond acceptors (Lipinski definition) is 3. The van der Waals surface area contributed by atoms with E-state index < -0.39 is 17.5 Å². The van der Waals surface area contributed by atoms with Crippen molar-refractivity contribution in [1.82, 2.24) is 16.0 Å². The van der Waals surface area contributed by atoms with Gasteiger partial charge in [-0.25, -0.2) is 4.79 Å². The number of imide groups is 1. The van der Waals surface area contributed by atoms with Crippen LogP contribution in [0.3, 0.4) is 0 Å². The van der Waals surface area contributed by atoms with E-state index in [1.807, 2.05) is 6.07 Å². The minimum atomic E-state index is -1.17. The Bertz CT molecular complexity index is 586. The summed E-state index contributed by atoms with van der Waals surface area (Å²) in [5, 5.41) is 7.80. The molecular formula is C17H23N3O3. The molecule has 23 heavy (non-hydrogen) atoms. The number of benzene rings is 1. The highest BCUT2D eigenvalue weighted by Gasteiger charge is 2.47. The van der Waals surface area contributed by atoms with Gasteiger partial charge in [0.15, 0.2) is 0 Å². The fourth-order valence-electron chi connectivity index (χ4n) is 2.63. The second kappa shape index (κ2) is 7.26. The third-order valence-electron chi connectivity index (χ3n) is 3.98. The van der Waals surface area contributed by atoms with E-state index in [1.54, 1.807) is 24.3 Å². The Morgan fingerprint density at radius 2 is 1.91 bits per heavy atom. The van der Waals surface area contributed by atoms with Crippen molar-refractivity contribution < 1.29 is 14.4 Å². The molecule has 0 aliphatic carbocycles. The van der Waals surface area contributed by atoms with Gasteiger partial charge >= 0.3 is 6.03 Å². The van der Waals surface area contributed by atoms with Crippen molar-refractivity contribution in [3.8, 4) is 0 Å². The summed E-state index contributed by atoms with van der Waals surface area (Å²) < 4.78 is 0. The molecular weight excluding hydrogens is 294 g/mol. The molecule has 1 unspecified atom stereocenters. The highest BCUT2D eigenvalue weighted by atomic mass is 16.2. The number of urea groups is 1. The van der Waals surface area contributed by atoms with Gasteiger partial charge in [-0.15, -0.1) is 0 Å². The van der Waals surface area contributed by atoms with Gasteiger partial charge in [0, 0.05) is 13.0 Å². The Balaban J connectivity index is 2.04. The zero-order chi connectivity index (χ0) is 16.9. The van der Waals surface area contributed by atoms with Crippen molar-refractivity contribution in [3.05, 3.63) is 35.9 Å². The predicted octanol–water partition coefficient (Wildman–Crippen LogP) is 1.66. The van der Waals surface area contributed by atoms with Crippen molar-refractivity contribution in [2.75, 3.05) is 6.54 Å². The lowest BCUT2D eigenvalue weighted by Crippen LogP contribution is -2.44. The lowest BCUT2D eigenvalue weighted by atomic mass is 9.85. The molecule has 124 valence electrons. The van der Waals surface area contributed by atoms with Gasteiger partial charge in [-0.3, -0.25) is 14.9 Å². The van der Waals surface area contributed by atoms with Crippen molar-refractivity contribution >= 4 is 17.8 Å². The Morgan fingerprint density at radius 1 is 1.22 bits per heavy atom. The topological polar surface area (TPSA) is 87.3 Å². The average molecular weight is 317 g/mol. The summed E-state index contributed by atoms with van der Waals surface area (Å²) in [6.07, 6.45) is 1.30. The third kappa shape index (κ3) is 4.09. The Hall–Kier alpha value is -2.37. The normalized spacial score (nSPS) is 20.3. The lowest BCUT2D eigenvalue weighted by Gasteiger charge is -2.26. The Morgan fingerprint density at radius 3 is 2.48 bits per heavy atom. The number of amides is 4. The van der Waals surface area contributed by atoms with E-state index in [0.29, 0.717) is 18.0 Å². The van der Waals surface area contributed by atoms with Gasteiger partial charge in [-0.05, 0) is 24.3 Å². The maximum absolute atomic E-state index is 12.3. The molecule has 4 amide bonds. The minimum Gasteiger partial charge on any atom is -0.356 e. The second-order valence-electron chi connectivity index (χ2n) is 6.21. The van der Waals surface area contributed by atoms with Crippen molar-refractivity contribution in [2.24, 2.45) is 5.92 Å². The van der Waals surface area contributed by atoms with Crippen LogP contribution in [0, 0.1) is 5.92 Å². The molecule has 1 aliphatic heterocycles. The van der Waals surface area contributed by atoms with Crippen LogP contribution in [0.1, 0.15) is 38.7 Å². The molecule has 1 heterocycles. The summed E-state index contributed by atoms with van der Waals surface area (Å²) in [5.41, 5.74) is -0.494. The molecule has 0 spiro atoms. The van der Waals surface area contributed by atoms with Gasteiger partial charge < -0.3 is 10.6 Å². The molecule has 1 aromatic rings. The summed E-state index contributed by atoms with van der Waals surface area (Å²) in [5.74, 6) is -0.00977. The highest BCUT2D eigenvalue weighted by molar-refractivity contribution is 6.07. The van der Waals surface area contributed by atoms with E-state index in [1.165, 1.54) is 0 Å². The first-order chi connectivity index (χ1) is 10.9.